The summed E-state index contributed by atoms with van der Waals surface area (Å²) in [6.07, 6.45) is -1.46. The van der Waals surface area contributed by atoms with E-state index in [4.69, 9.17) is 9.84 Å². The molecule has 2 aliphatic rings. The molecule has 0 aliphatic carbocycles. The van der Waals surface area contributed by atoms with Gasteiger partial charge in [0, 0.05) is 6.42 Å². The normalized spacial score (nSPS) is 30.9. The number of nitrogens with zero attached hydrogens (tertiary/aromatic N) is 1. The average Bonchev–Trinajstić information content (AvgIpc) is 2.70. The Labute approximate surface area is 78.7 Å². The van der Waals surface area contributed by atoms with Gasteiger partial charge in [0.2, 0.25) is 12.0 Å². The van der Waals surface area contributed by atoms with E-state index in [1.54, 1.807) is 0 Å². The van der Waals surface area contributed by atoms with E-state index >= 15 is 0 Å². The molecule has 0 radical (unpaired) electrons. The Balaban J connectivity index is 1.95. The SMILES string of the molecule is O=C1COC(C2=NOC(C(=O)O)C2)N1. The van der Waals surface area contributed by atoms with Gasteiger partial charge >= 0.3 is 5.97 Å². The lowest BCUT2D eigenvalue weighted by molar-refractivity contribution is -0.148. The van der Waals surface area contributed by atoms with E-state index in [0.29, 0.717) is 5.71 Å². The number of hydrogen-bond donors (Lipinski definition) is 2. The van der Waals surface area contributed by atoms with Crippen molar-refractivity contribution >= 4 is 17.6 Å². The van der Waals surface area contributed by atoms with Crippen LogP contribution in [0.15, 0.2) is 5.16 Å². The number of ether oxygens (including phenoxy) is 1. The van der Waals surface area contributed by atoms with Gasteiger partial charge in [-0.1, -0.05) is 5.16 Å². The number of oxime groups is 1. The summed E-state index contributed by atoms with van der Waals surface area (Å²) in [6, 6.07) is 0. The average molecular weight is 200 g/mol. The summed E-state index contributed by atoms with van der Waals surface area (Å²) in [5, 5.41) is 14.6. The summed E-state index contributed by atoms with van der Waals surface area (Å²) in [6.45, 7) is -0.0264. The van der Waals surface area contributed by atoms with Gasteiger partial charge in [0.05, 0.1) is 0 Å². The molecule has 0 bridgehead atoms. The van der Waals surface area contributed by atoms with Crippen molar-refractivity contribution in [2.24, 2.45) is 5.16 Å². The fourth-order valence-electron chi connectivity index (χ4n) is 1.25. The number of nitrogens with one attached hydrogen (secondary N) is 1. The van der Waals surface area contributed by atoms with Crippen LogP contribution in [-0.2, 0) is 19.2 Å². The third kappa shape index (κ3) is 1.53. The number of aliphatic carboxylic acids is 1. The Morgan fingerprint density at radius 1 is 1.64 bits per heavy atom. The summed E-state index contributed by atoms with van der Waals surface area (Å²) in [4.78, 5) is 25.9. The first-order valence-corrected chi connectivity index (χ1v) is 4.03. The van der Waals surface area contributed by atoms with Crippen molar-refractivity contribution in [3.8, 4) is 0 Å². The summed E-state index contributed by atoms with van der Waals surface area (Å²) in [5.41, 5.74) is 0.406. The van der Waals surface area contributed by atoms with Gasteiger partial charge in [0.15, 0.2) is 6.23 Å². The Kier molecular flexibility index (Phi) is 2.08. The fraction of sp³-hybridized carbons (Fsp3) is 0.571. The van der Waals surface area contributed by atoms with E-state index in [1.807, 2.05) is 0 Å². The van der Waals surface area contributed by atoms with E-state index in [1.165, 1.54) is 0 Å². The molecule has 1 fully saturated rings. The number of rotatable bonds is 2. The summed E-state index contributed by atoms with van der Waals surface area (Å²) in [5.74, 6) is -1.32. The van der Waals surface area contributed by atoms with Crippen LogP contribution in [0.4, 0.5) is 0 Å². The number of amides is 1. The van der Waals surface area contributed by atoms with E-state index in [-0.39, 0.29) is 18.9 Å². The Bertz CT molecular complexity index is 313. The molecule has 2 N–H and O–H groups in total. The second-order valence-corrected chi connectivity index (χ2v) is 2.98. The minimum atomic E-state index is -1.08. The second kappa shape index (κ2) is 3.26. The molecular formula is C7H8N2O5. The van der Waals surface area contributed by atoms with Crippen LogP contribution in [0.2, 0.25) is 0 Å². The van der Waals surface area contributed by atoms with Gasteiger partial charge in [0.1, 0.15) is 12.3 Å². The molecular weight excluding hydrogens is 192 g/mol. The van der Waals surface area contributed by atoms with Gasteiger partial charge in [-0.25, -0.2) is 4.79 Å². The van der Waals surface area contributed by atoms with Gasteiger partial charge in [-0.05, 0) is 0 Å². The lowest BCUT2D eigenvalue weighted by atomic mass is 10.1. The van der Waals surface area contributed by atoms with Crippen molar-refractivity contribution in [3.05, 3.63) is 0 Å². The summed E-state index contributed by atoms with van der Waals surface area (Å²) < 4.78 is 5.01. The highest BCUT2D eigenvalue weighted by molar-refractivity contribution is 5.97. The number of carboxylic acids is 1. The zero-order valence-corrected chi connectivity index (χ0v) is 7.10. The quantitative estimate of drug-likeness (QED) is 0.576. The van der Waals surface area contributed by atoms with Crippen molar-refractivity contribution < 1.29 is 24.3 Å². The number of carboxylic acid groups (broad SMARTS) is 1. The lowest BCUT2D eigenvalue weighted by Crippen LogP contribution is -2.34. The van der Waals surface area contributed by atoms with E-state index in [9.17, 15) is 9.59 Å². The highest BCUT2D eigenvalue weighted by Crippen LogP contribution is 2.15. The monoisotopic (exact) mass is 200 g/mol. The molecule has 7 heteroatoms. The highest BCUT2D eigenvalue weighted by atomic mass is 16.7. The molecule has 0 aromatic carbocycles. The molecule has 0 saturated carbocycles. The predicted molar refractivity (Wildman–Crippen MR) is 42.4 cm³/mol. The molecule has 0 spiro atoms. The zero-order valence-electron chi connectivity index (χ0n) is 7.10. The first-order chi connectivity index (χ1) is 6.66. The van der Waals surface area contributed by atoms with Crippen molar-refractivity contribution in [3.63, 3.8) is 0 Å². The van der Waals surface area contributed by atoms with Crippen LogP contribution < -0.4 is 5.32 Å². The molecule has 2 aliphatic heterocycles. The smallest absolute Gasteiger partial charge is 0.348 e. The second-order valence-electron chi connectivity index (χ2n) is 2.98. The van der Waals surface area contributed by atoms with Gasteiger partial charge in [0.25, 0.3) is 0 Å². The number of carbonyl (C=O) groups is 2. The first kappa shape index (κ1) is 8.95. The lowest BCUT2D eigenvalue weighted by Gasteiger charge is -2.06. The number of hydrogen-bond acceptors (Lipinski definition) is 5. The van der Waals surface area contributed by atoms with Gasteiger partial charge in [-0.2, -0.15) is 0 Å². The largest absolute Gasteiger partial charge is 0.478 e. The molecule has 2 unspecified atom stereocenters. The molecule has 1 saturated heterocycles. The third-order valence-electron chi connectivity index (χ3n) is 1.94. The topological polar surface area (TPSA) is 97.2 Å². The van der Waals surface area contributed by atoms with Crippen LogP contribution in [0.25, 0.3) is 0 Å². The molecule has 2 atom stereocenters. The minimum Gasteiger partial charge on any atom is -0.478 e. The molecule has 2 rings (SSSR count). The maximum absolute atomic E-state index is 10.8. The van der Waals surface area contributed by atoms with E-state index in [0.717, 1.165) is 0 Å². The zero-order chi connectivity index (χ0) is 10.1. The number of carbonyl (C=O) groups excluding carboxylic acids is 1. The molecule has 14 heavy (non-hydrogen) atoms. The molecule has 0 aromatic rings. The van der Waals surface area contributed by atoms with Gasteiger partial charge in [-0.15, -0.1) is 0 Å². The summed E-state index contributed by atoms with van der Waals surface area (Å²) >= 11 is 0. The standard InChI is InChI=1S/C7H8N2O5/c10-5-2-13-6(8-5)3-1-4(7(11)12)14-9-3/h4,6H,1-2H2,(H,8,10)(H,11,12). The highest BCUT2D eigenvalue weighted by Gasteiger charge is 2.35. The Morgan fingerprint density at radius 2 is 2.43 bits per heavy atom. The Hall–Kier alpha value is -1.63. The predicted octanol–water partition coefficient (Wildman–Crippen LogP) is -1.31. The van der Waals surface area contributed by atoms with Crippen LogP contribution in [0.1, 0.15) is 6.42 Å². The maximum Gasteiger partial charge on any atom is 0.348 e. The van der Waals surface area contributed by atoms with Gasteiger partial charge in [-0.3, -0.25) is 4.79 Å². The molecule has 7 nitrogen and oxygen atoms in total. The van der Waals surface area contributed by atoms with Crippen LogP contribution >= 0.6 is 0 Å². The third-order valence-corrected chi connectivity index (χ3v) is 1.94. The first-order valence-electron chi connectivity index (χ1n) is 4.03. The molecule has 2 heterocycles. The van der Waals surface area contributed by atoms with Crippen LogP contribution in [0, 0.1) is 0 Å². The van der Waals surface area contributed by atoms with Crippen molar-refractivity contribution in [2.75, 3.05) is 6.61 Å². The van der Waals surface area contributed by atoms with Crippen LogP contribution in [0.5, 0.6) is 0 Å². The van der Waals surface area contributed by atoms with Crippen molar-refractivity contribution in [1.29, 1.82) is 0 Å². The van der Waals surface area contributed by atoms with Crippen LogP contribution in [0.3, 0.4) is 0 Å². The maximum atomic E-state index is 10.8. The molecule has 1 amide bonds. The Morgan fingerprint density at radius 3 is 2.93 bits per heavy atom. The van der Waals surface area contributed by atoms with Crippen molar-refractivity contribution in [2.45, 2.75) is 18.8 Å². The van der Waals surface area contributed by atoms with E-state index in [2.05, 4.69) is 15.3 Å². The molecule has 76 valence electrons. The fourth-order valence-corrected chi connectivity index (χ4v) is 1.25. The van der Waals surface area contributed by atoms with Crippen LogP contribution in [-0.4, -0.2) is 41.6 Å². The minimum absolute atomic E-state index is 0.0264. The van der Waals surface area contributed by atoms with E-state index < -0.39 is 18.3 Å². The van der Waals surface area contributed by atoms with Gasteiger partial charge < -0.3 is 20.0 Å². The van der Waals surface area contributed by atoms with Crippen molar-refractivity contribution in [1.82, 2.24) is 5.32 Å². The molecule has 0 aromatic heterocycles. The summed E-state index contributed by atoms with van der Waals surface area (Å²) in [7, 11) is 0.